The van der Waals surface area contributed by atoms with Gasteiger partial charge in [-0.1, -0.05) is 211 Å². The minimum absolute atomic E-state index is 0.0345. The molecule has 0 bridgehead atoms. The second-order valence-corrected chi connectivity index (χ2v) is 18.9. The van der Waals surface area contributed by atoms with Crippen molar-refractivity contribution >= 4 is 11.9 Å². The molecule has 2 atom stereocenters. The number of hydrogen-bond donors (Lipinski definition) is 0. The molecule has 0 unspecified atom stereocenters. The normalized spacial score (nSPS) is 20.9. The summed E-state index contributed by atoms with van der Waals surface area (Å²) in [7, 11) is 0. The van der Waals surface area contributed by atoms with Crippen LogP contribution in [0.3, 0.4) is 0 Å². The number of esters is 2. The van der Waals surface area contributed by atoms with Gasteiger partial charge in [0.1, 0.15) is 12.2 Å². The van der Waals surface area contributed by atoms with E-state index in [2.05, 4.69) is 168 Å². The van der Waals surface area contributed by atoms with Crippen LogP contribution < -0.4 is 0 Å². The Balaban J connectivity index is 1.87. The van der Waals surface area contributed by atoms with E-state index in [4.69, 9.17) is 9.47 Å². The van der Waals surface area contributed by atoms with Gasteiger partial charge in [0.05, 0.1) is 0 Å². The van der Waals surface area contributed by atoms with Gasteiger partial charge in [-0.3, -0.25) is 9.59 Å². The van der Waals surface area contributed by atoms with Crippen molar-refractivity contribution in [2.75, 3.05) is 0 Å². The Kier molecular flexibility index (Phi) is 24.2. The summed E-state index contributed by atoms with van der Waals surface area (Å²) in [6.07, 6.45) is 45.8. The van der Waals surface area contributed by atoms with Crippen molar-refractivity contribution in [1.82, 2.24) is 0 Å². The molecular weight excluding hydrogens is 737 g/mol. The summed E-state index contributed by atoms with van der Waals surface area (Å²) in [5, 5.41) is 0. The number of ether oxygens (including phenoxy) is 2. The van der Waals surface area contributed by atoms with Crippen LogP contribution >= 0.6 is 0 Å². The topological polar surface area (TPSA) is 52.6 Å². The fourth-order valence-electron chi connectivity index (χ4n) is 8.47. The average Bonchev–Trinajstić information content (AvgIpc) is 3.15. The summed E-state index contributed by atoms with van der Waals surface area (Å²) < 4.78 is 11.9. The van der Waals surface area contributed by atoms with Crippen LogP contribution in [0.1, 0.15) is 186 Å². The molecule has 0 amide bonds. The summed E-state index contributed by atoms with van der Waals surface area (Å²) in [5.41, 5.74) is 9.94. The fourth-order valence-corrected chi connectivity index (χ4v) is 8.47. The van der Waals surface area contributed by atoms with Crippen LogP contribution in [0.2, 0.25) is 0 Å². The van der Waals surface area contributed by atoms with E-state index in [9.17, 15) is 9.59 Å². The molecule has 4 heteroatoms. The first-order valence-electron chi connectivity index (χ1n) is 23.3. The molecule has 2 aliphatic rings. The number of allylic oxidation sites excluding steroid dienone is 20. The van der Waals surface area contributed by atoms with Crippen molar-refractivity contribution < 1.29 is 19.1 Å². The minimum atomic E-state index is -0.0504. The van der Waals surface area contributed by atoms with Crippen LogP contribution in [-0.2, 0) is 19.1 Å². The minimum Gasteiger partial charge on any atom is -0.462 e. The third-order valence-electron chi connectivity index (χ3n) is 11.8. The zero-order valence-electron chi connectivity index (χ0n) is 40.2. The van der Waals surface area contributed by atoms with Gasteiger partial charge in [-0.2, -0.15) is 0 Å². The summed E-state index contributed by atoms with van der Waals surface area (Å²) in [5.74, 6) is -0.0829. The Hall–Kier alpha value is -3.92. The van der Waals surface area contributed by atoms with Gasteiger partial charge in [-0.25, -0.2) is 0 Å². The highest BCUT2D eigenvalue weighted by atomic mass is 16.5. The second kappa shape index (κ2) is 27.8. The molecule has 0 saturated carbocycles. The molecule has 60 heavy (non-hydrogen) atoms. The van der Waals surface area contributed by atoms with Gasteiger partial charge < -0.3 is 9.47 Å². The monoisotopic (exact) mass is 821 g/mol. The van der Waals surface area contributed by atoms with E-state index in [1.165, 1.54) is 83.1 Å². The largest absolute Gasteiger partial charge is 0.462 e. The number of rotatable bonds is 24. The van der Waals surface area contributed by atoms with Crippen LogP contribution in [0.4, 0.5) is 0 Å². The van der Waals surface area contributed by atoms with E-state index in [-0.39, 0.29) is 35.0 Å². The van der Waals surface area contributed by atoms with E-state index in [0.717, 1.165) is 51.4 Å². The smallest absolute Gasteiger partial charge is 0.306 e. The van der Waals surface area contributed by atoms with Gasteiger partial charge in [0.2, 0.25) is 0 Å². The first-order valence-corrected chi connectivity index (χ1v) is 23.3. The van der Waals surface area contributed by atoms with Gasteiger partial charge in [0.15, 0.2) is 0 Å². The Morgan fingerprint density at radius 1 is 0.517 bits per heavy atom. The molecular formula is C56H84O4. The Bertz CT molecular complexity index is 1590. The van der Waals surface area contributed by atoms with Gasteiger partial charge in [0, 0.05) is 25.7 Å². The highest BCUT2D eigenvalue weighted by Gasteiger charge is 2.35. The van der Waals surface area contributed by atoms with Crippen molar-refractivity contribution in [2.24, 2.45) is 10.8 Å². The van der Waals surface area contributed by atoms with Gasteiger partial charge in [0.25, 0.3) is 0 Å². The summed E-state index contributed by atoms with van der Waals surface area (Å²) in [6.45, 7) is 26.3. The molecule has 0 spiro atoms. The Morgan fingerprint density at radius 3 is 1.20 bits per heavy atom. The Labute approximate surface area is 368 Å². The average molecular weight is 821 g/mol. The summed E-state index contributed by atoms with van der Waals surface area (Å²) in [4.78, 5) is 25.0. The SMILES string of the molecule is CCCCCCCC(=O)O[C@@H]1CC(C)=C(/C=C/C(C)=C/C=C/C(C)=C/C=C/C=C(C)/C=C/C=C(C)/C=C/C2=C(C)C[C@@H](OC(=O)CCCCCCC)CC2(C)C)C(C)(C)C1. The molecule has 4 nitrogen and oxygen atoms in total. The maximum absolute atomic E-state index is 12.5. The van der Waals surface area contributed by atoms with E-state index < -0.39 is 0 Å². The van der Waals surface area contributed by atoms with E-state index >= 15 is 0 Å². The fraction of sp³-hybridized carbons (Fsp3) is 0.571. The molecule has 0 aromatic heterocycles. The molecule has 2 aliphatic carbocycles. The molecule has 0 saturated heterocycles. The number of carbonyl (C=O) groups excluding carboxylic acids is 2. The lowest BCUT2D eigenvalue weighted by Gasteiger charge is -2.37. The third-order valence-corrected chi connectivity index (χ3v) is 11.8. The Morgan fingerprint density at radius 2 is 0.850 bits per heavy atom. The highest BCUT2D eigenvalue weighted by Crippen LogP contribution is 2.43. The molecule has 0 fully saturated rings. The van der Waals surface area contributed by atoms with Gasteiger partial charge in [-0.15, -0.1) is 0 Å². The molecule has 0 aromatic carbocycles. The zero-order valence-corrected chi connectivity index (χ0v) is 40.2. The molecule has 0 aromatic rings. The standard InChI is InChI=1S/C56H84O4/c1-13-15-17-19-21-33-53(57)59-49-39-47(7)51(55(9,10)41-49)37-35-45(5)31-25-29-43(3)27-23-24-28-44(4)30-26-32-46(6)36-38-52-48(8)40-50(42-56(52,11)12)60-54(58)34-22-20-18-16-14-2/h23-32,35-38,49-50H,13-22,33-34,39-42H2,1-12H3/b24-23+,29-25+,30-26+,37-35+,38-36+,43-27+,44-28+,45-31+,46-32+/t49-,50-/m1/s1. The number of carbonyl (C=O) groups is 2. The number of unbranched alkanes of at least 4 members (excludes halogenated alkanes) is 8. The first-order chi connectivity index (χ1) is 28.5. The molecule has 0 radical (unpaired) electrons. The van der Waals surface area contributed by atoms with Crippen molar-refractivity contribution in [3.05, 3.63) is 130 Å². The molecule has 0 aliphatic heterocycles. The molecule has 0 N–H and O–H groups in total. The quantitative estimate of drug-likeness (QED) is 0.0553. The van der Waals surface area contributed by atoms with Crippen LogP contribution in [0, 0.1) is 10.8 Å². The lowest BCUT2D eigenvalue weighted by Crippen LogP contribution is -2.31. The predicted molar refractivity (Wildman–Crippen MR) is 259 cm³/mol. The van der Waals surface area contributed by atoms with E-state index in [1.54, 1.807) is 0 Å². The highest BCUT2D eigenvalue weighted by molar-refractivity contribution is 5.70. The van der Waals surface area contributed by atoms with Crippen LogP contribution in [0.5, 0.6) is 0 Å². The van der Waals surface area contributed by atoms with E-state index in [0.29, 0.717) is 12.8 Å². The van der Waals surface area contributed by atoms with Crippen molar-refractivity contribution in [3.63, 3.8) is 0 Å². The predicted octanol–water partition coefficient (Wildman–Crippen LogP) is 16.4. The summed E-state index contributed by atoms with van der Waals surface area (Å²) in [6, 6.07) is 0. The second-order valence-electron chi connectivity index (χ2n) is 18.9. The van der Waals surface area contributed by atoms with Crippen LogP contribution in [0.25, 0.3) is 0 Å². The van der Waals surface area contributed by atoms with Gasteiger partial charge in [-0.05, 0) is 89.2 Å². The van der Waals surface area contributed by atoms with Crippen LogP contribution in [-0.4, -0.2) is 24.1 Å². The lowest BCUT2D eigenvalue weighted by molar-refractivity contribution is -0.151. The van der Waals surface area contributed by atoms with Crippen molar-refractivity contribution in [2.45, 2.75) is 198 Å². The van der Waals surface area contributed by atoms with Crippen molar-refractivity contribution in [3.8, 4) is 0 Å². The summed E-state index contributed by atoms with van der Waals surface area (Å²) >= 11 is 0. The van der Waals surface area contributed by atoms with Crippen LogP contribution in [0.15, 0.2) is 130 Å². The number of hydrogen-bond acceptors (Lipinski definition) is 4. The zero-order chi connectivity index (χ0) is 44.6. The third kappa shape index (κ3) is 21.0. The molecule has 0 heterocycles. The maximum Gasteiger partial charge on any atom is 0.306 e. The lowest BCUT2D eigenvalue weighted by atomic mass is 9.71. The molecule has 332 valence electrons. The molecule has 2 rings (SSSR count). The van der Waals surface area contributed by atoms with Gasteiger partial charge >= 0.3 is 11.9 Å². The maximum atomic E-state index is 12.5. The van der Waals surface area contributed by atoms with E-state index in [1.807, 2.05) is 0 Å². The first kappa shape index (κ1) is 52.2. The van der Waals surface area contributed by atoms with Crippen molar-refractivity contribution in [1.29, 1.82) is 0 Å².